The van der Waals surface area contributed by atoms with Crippen molar-refractivity contribution in [3.63, 3.8) is 0 Å². The molecule has 0 spiro atoms. The molecule has 1 heterocycles. The molecule has 1 aromatic heterocycles. The molecular formula is C21H16BrN3O3. The van der Waals surface area contributed by atoms with Gasteiger partial charge in [0.1, 0.15) is 5.75 Å². The standard InChI is InChI=1S/C21H16BrN3O3/c1-25-16-9-5-4-8-15(16)20(21(25)27)24-23-18(26)12-28-17-11-10-13-6-2-3-7-14(13)19(17)22/h2-11,27H,12H2,1H3. The van der Waals surface area contributed by atoms with Crippen LogP contribution in [0.2, 0.25) is 0 Å². The number of carbonyl (C=O) groups is 1. The molecule has 6 nitrogen and oxygen atoms in total. The summed E-state index contributed by atoms with van der Waals surface area (Å²) in [5, 5.41) is 20.7. The highest BCUT2D eigenvalue weighted by Crippen LogP contribution is 2.37. The van der Waals surface area contributed by atoms with Gasteiger partial charge in [-0.2, -0.15) is 0 Å². The molecule has 0 unspecified atom stereocenters. The number of benzene rings is 3. The lowest BCUT2D eigenvalue weighted by Gasteiger charge is -2.08. The number of aromatic nitrogens is 1. The van der Waals surface area contributed by atoms with Crippen LogP contribution < -0.4 is 4.74 Å². The first-order chi connectivity index (χ1) is 13.6. The lowest BCUT2D eigenvalue weighted by Crippen LogP contribution is -2.08. The monoisotopic (exact) mass is 437 g/mol. The Hall–Kier alpha value is -3.19. The second-order valence-electron chi connectivity index (χ2n) is 6.23. The number of ether oxygens (including phenoxy) is 1. The number of aromatic hydroxyl groups is 1. The predicted octanol–water partition coefficient (Wildman–Crippen LogP) is 5.49. The Morgan fingerprint density at radius 2 is 1.79 bits per heavy atom. The Morgan fingerprint density at radius 1 is 1.07 bits per heavy atom. The summed E-state index contributed by atoms with van der Waals surface area (Å²) in [6.45, 7) is -0.258. The summed E-state index contributed by atoms with van der Waals surface area (Å²) in [4.78, 5) is 12.1. The zero-order valence-corrected chi connectivity index (χ0v) is 16.5. The van der Waals surface area contributed by atoms with Gasteiger partial charge in [-0.25, -0.2) is 0 Å². The summed E-state index contributed by atoms with van der Waals surface area (Å²) in [6, 6.07) is 19.0. The maximum Gasteiger partial charge on any atom is 0.302 e. The summed E-state index contributed by atoms with van der Waals surface area (Å²) < 4.78 is 7.97. The Kier molecular flexibility index (Phi) is 4.83. The number of carbonyl (C=O) groups excluding carboxylic acids is 1. The highest BCUT2D eigenvalue weighted by molar-refractivity contribution is 9.10. The van der Waals surface area contributed by atoms with Crippen LogP contribution in [0.1, 0.15) is 0 Å². The molecule has 28 heavy (non-hydrogen) atoms. The van der Waals surface area contributed by atoms with E-state index in [2.05, 4.69) is 26.2 Å². The van der Waals surface area contributed by atoms with Crippen LogP contribution in [0.3, 0.4) is 0 Å². The summed E-state index contributed by atoms with van der Waals surface area (Å²) >= 11 is 3.52. The average molecular weight is 438 g/mol. The van der Waals surface area contributed by atoms with Crippen LogP contribution in [0, 0.1) is 0 Å². The van der Waals surface area contributed by atoms with Crippen LogP contribution >= 0.6 is 15.9 Å². The molecule has 4 rings (SSSR count). The van der Waals surface area contributed by atoms with Crippen LogP contribution in [0.5, 0.6) is 11.6 Å². The fourth-order valence-corrected chi connectivity index (χ4v) is 3.67. The SMILES string of the molecule is Cn1c(O)c(N=NC(=O)COc2ccc3ccccc3c2Br)c2ccccc21. The van der Waals surface area contributed by atoms with Crippen molar-refractivity contribution in [1.82, 2.24) is 4.57 Å². The van der Waals surface area contributed by atoms with E-state index in [1.807, 2.05) is 54.6 Å². The summed E-state index contributed by atoms with van der Waals surface area (Å²) in [7, 11) is 1.72. The van der Waals surface area contributed by atoms with Gasteiger partial charge in [-0.3, -0.25) is 4.79 Å². The molecule has 7 heteroatoms. The van der Waals surface area contributed by atoms with Gasteiger partial charge in [-0.05, 0) is 38.8 Å². The van der Waals surface area contributed by atoms with Crippen molar-refractivity contribution in [3.8, 4) is 11.6 Å². The van der Waals surface area contributed by atoms with Gasteiger partial charge < -0.3 is 14.4 Å². The molecule has 0 radical (unpaired) electrons. The molecule has 0 aliphatic carbocycles. The summed E-state index contributed by atoms with van der Waals surface area (Å²) in [5.74, 6) is -0.0430. The average Bonchev–Trinajstić information content (AvgIpc) is 2.96. The lowest BCUT2D eigenvalue weighted by molar-refractivity contribution is -0.120. The van der Waals surface area contributed by atoms with E-state index >= 15 is 0 Å². The molecule has 4 aromatic rings. The third kappa shape index (κ3) is 3.25. The van der Waals surface area contributed by atoms with E-state index in [0.717, 1.165) is 26.1 Å². The van der Waals surface area contributed by atoms with Crippen LogP contribution in [0.4, 0.5) is 5.69 Å². The number of rotatable bonds is 4. The first kappa shape index (κ1) is 18.2. The molecule has 3 aromatic carbocycles. The summed E-state index contributed by atoms with van der Waals surface area (Å²) in [5.41, 5.74) is 1.07. The van der Waals surface area contributed by atoms with Crippen molar-refractivity contribution in [2.24, 2.45) is 17.3 Å². The minimum atomic E-state index is -0.549. The van der Waals surface area contributed by atoms with E-state index in [4.69, 9.17) is 4.74 Å². The smallest absolute Gasteiger partial charge is 0.302 e. The van der Waals surface area contributed by atoms with E-state index in [-0.39, 0.29) is 18.2 Å². The fraction of sp³-hybridized carbons (Fsp3) is 0.0952. The topological polar surface area (TPSA) is 76.2 Å². The molecule has 0 aliphatic rings. The third-order valence-corrected chi connectivity index (χ3v) is 5.31. The number of para-hydroxylation sites is 1. The molecule has 1 N–H and O–H groups in total. The molecule has 0 atom stereocenters. The summed E-state index contributed by atoms with van der Waals surface area (Å²) in [6.07, 6.45) is 0. The van der Waals surface area contributed by atoms with E-state index < -0.39 is 5.91 Å². The van der Waals surface area contributed by atoms with E-state index in [0.29, 0.717) is 5.75 Å². The molecule has 0 saturated carbocycles. The maximum atomic E-state index is 12.1. The highest BCUT2D eigenvalue weighted by Gasteiger charge is 2.14. The van der Waals surface area contributed by atoms with E-state index in [1.54, 1.807) is 17.7 Å². The Labute approximate surface area is 169 Å². The molecule has 0 aliphatic heterocycles. The zero-order chi connectivity index (χ0) is 19.7. The number of halogens is 1. The zero-order valence-electron chi connectivity index (χ0n) is 15.0. The molecular weight excluding hydrogens is 422 g/mol. The van der Waals surface area contributed by atoms with Gasteiger partial charge in [0.15, 0.2) is 12.3 Å². The second kappa shape index (κ2) is 7.44. The van der Waals surface area contributed by atoms with E-state index in [1.165, 1.54) is 0 Å². The number of amides is 1. The third-order valence-electron chi connectivity index (χ3n) is 4.49. The lowest BCUT2D eigenvalue weighted by atomic mass is 10.1. The van der Waals surface area contributed by atoms with Crippen molar-refractivity contribution in [1.29, 1.82) is 0 Å². The van der Waals surface area contributed by atoms with E-state index in [9.17, 15) is 9.90 Å². The van der Waals surface area contributed by atoms with Crippen molar-refractivity contribution in [2.45, 2.75) is 0 Å². The highest BCUT2D eigenvalue weighted by atomic mass is 79.9. The quantitative estimate of drug-likeness (QED) is 0.428. The largest absolute Gasteiger partial charge is 0.493 e. The van der Waals surface area contributed by atoms with Crippen molar-refractivity contribution < 1.29 is 14.6 Å². The van der Waals surface area contributed by atoms with Crippen LogP contribution in [-0.4, -0.2) is 22.2 Å². The van der Waals surface area contributed by atoms with Crippen LogP contribution in [0.25, 0.3) is 21.7 Å². The number of azo groups is 1. The van der Waals surface area contributed by atoms with Gasteiger partial charge in [-0.15, -0.1) is 10.2 Å². The first-order valence-electron chi connectivity index (χ1n) is 8.57. The van der Waals surface area contributed by atoms with Gasteiger partial charge in [-0.1, -0.05) is 48.5 Å². The van der Waals surface area contributed by atoms with Crippen LogP contribution in [-0.2, 0) is 11.8 Å². The minimum absolute atomic E-state index is 0.0454. The number of aryl methyl sites for hydroxylation is 1. The Morgan fingerprint density at radius 3 is 2.61 bits per heavy atom. The molecule has 0 bridgehead atoms. The van der Waals surface area contributed by atoms with Gasteiger partial charge >= 0.3 is 5.91 Å². The van der Waals surface area contributed by atoms with Gasteiger partial charge in [0.05, 0.1) is 9.99 Å². The Balaban J connectivity index is 1.51. The predicted molar refractivity (Wildman–Crippen MR) is 111 cm³/mol. The number of hydrogen-bond donors (Lipinski definition) is 1. The van der Waals surface area contributed by atoms with Gasteiger partial charge in [0.2, 0.25) is 5.88 Å². The molecule has 0 fully saturated rings. The normalized spacial score (nSPS) is 11.5. The molecule has 1 amide bonds. The van der Waals surface area contributed by atoms with Crippen LogP contribution in [0.15, 0.2) is 75.4 Å². The minimum Gasteiger partial charge on any atom is -0.493 e. The second-order valence-corrected chi connectivity index (χ2v) is 7.02. The van der Waals surface area contributed by atoms with Gasteiger partial charge in [0.25, 0.3) is 0 Å². The van der Waals surface area contributed by atoms with Gasteiger partial charge in [0, 0.05) is 12.4 Å². The Bertz CT molecular complexity index is 1230. The fourth-order valence-electron chi connectivity index (χ4n) is 3.06. The van der Waals surface area contributed by atoms with Crippen molar-refractivity contribution in [3.05, 3.63) is 65.1 Å². The maximum absolute atomic E-state index is 12.1. The number of hydrogen-bond acceptors (Lipinski definition) is 4. The number of nitrogens with zero attached hydrogens (tertiary/aromatic N) is 3. The van der Waals surface area contributed by atoms with Crippen molar-refractivity contribution in [2.75, 3.05) is 6.61 Å². The number of fused-ring (bicyclic) bond motifs is 2. The van der Waals surface area contributed by atoms with Crippen molar-refractivity contribution >= 4 is 49.2 Å². The first-order valence-corrected chi connectivity index (χ1v) is 9.36. The molecule has 140 valence electrons. The molecule has 0 saturated heterocycles.